The summed E-state index contributed by atoms with van der Waals surface area (Å²) in [7, 11) is 0. The van der Waals surface area contributed by atoms with Gasteiger partial charge in [-0.05, 0) is 38.5 Å². The van der Waals surface area contributed by atoms with Crippen molar-refractivity contribution in [3.63, 3.8) is 0 Å². The highest BCUT2D eigenvalue weighted by atomic mass is 16.6. The third-order valence-electron chi connectivity index (χ3n) is 12.3. The molecular weight excluding hydrogens is 741 g/mol. The van der Waals surface area contributed by atoms with Gasteiger partial charge in [-0.2, -0.15) is 0 Å². The van der Waals surface area contributed by atoms with Crippen molar-refractivity contribution in [2.75, 3.05) is 19.8 Å². The molecule has 60 heavy (non-hydrogen) atoms. The van der Waals surface area contributed by atoms with Crippen LogP contribution in [0.5, 0.6) is 0 Å². The molecule has 0 radical (unpaired) electrons. The average Bonchev–Trinajstić information content (AvgIpc) is 3.25. The standard InChI is InChI=1S/C55H106O5/c1-4-7-10-13-16-19-22-24-26-28-29-31-34-37-40-43-46-49-55(57)60-52-53(51-59-54(56)48-45-42-39-36-33-21-18-15-12-9-6-3)58-50-47-44-41-38-35-32-30-27-25-23-20-17-14-11-8-5-2/h15,18,53H,4-14,16-17,19-52H2,1-3H3/b18-15-/t53-/m1/s1. The summed E-state index contributed by atoms with van der Waals surface area (Å²) in [5.41, 5.74) is 0. The molecule has 0 aromatic heterocycles. The van der Waals surface area contributed by atoms with E-state index in [2.05, 4.69) is 32.9 Å². The molecule has 5 nitrogen and oxygen atoms in total. The van der Waals surface area contributed by atoms with Gasteiger partial charge in [0.15, 0.2) is 0 Å². The summed E-state index contributed by atoms with van der Waals surface area (Å²) in [6.07, 6.45) is 59.6. The summed E-state index contributed by atoms with van der Waals surface area (Å²) in [5.74, 6) is -0.325. The maximum absolute atomic E-state index is 12.6. The summed E-state index contributed by atoms with van der Waals surface area (Å²) < 4.78 is 17.5. The SMILES string of the molecule is CCCC/C=C\CCCCCCCC(=O)OC[C@H](COC(=O)CCCCCCCCCCCCCCCCCCC)OCCCCCCCCCCCCCCCCCC. The lowest BCUT2D eigenvalue weighted by atomic mass is 10.0. The van der Waals surface area contributed by atoms with Gasteiger partial charge in [0.25, 0.3) is 0 Å². The van der Waals surface area contributed by atoms with Crippen LogP contribution in [-0.2, 0) is 23.8 Å². The molecule has 0 aliphatic heterocycles. The van der Waals surface area contributed by atoms with E-state index >= 15 is 0 Å². The Bertz CT molecular complexity index is 871. The lowest BCUT2D eigenvalue weighted by Crippen LogP contribution is -2.29. The van der Waals surface area contributed by atoms with Gasteiger partial charge in [-0.15, -0.1) is 0 Å². The summed E-state index contributed by atoms with van der Waals surface area (Å²) >= 11 is 0. The van der Waals surface area contributed by atoms with Crippen LogP contribution in [0.2, 0.25) is 0 Å². The van der Waals surface area contributed by atoms with Crippen molar-refractivity contribution in [3.8, 4) is 0 Å². The first-order valence-electron chi connectivity index (χ1n) is 27.2. The van der Waals surface area contributed by atoms with Crippen molar-refractivity contribution in [1.82, 2.24) is 0 Å². The lowest BCUT2D eigenvalue weighted by Gasteiger charge is -2.18. The fourth-order valence-corrected chi connectivity index (χ4v) is 8.17. The van der Waals surface area contributed by atoms with Crippen LogP contribution in [0.15, 0.2) is 12.2 Å². The third-order valence-corrected chi connectivity index (χ3v) is 12.3. The fourth-order valence-electron chi connectivity index (χ4n) is 8.17. The zero-order valence-electron chi connectivity index (χ0n) is 41.0. The van der Waals surface area contributed by atoms with Crippen LogP contribution in [0.25, 0.3) is 0 Å². The molecular formula is C55H106O5. The molecule has 0 spiro atoms. The maximum Gasteiger partial charge on any atom is 0.305 e. The van der Waals surface area contributed by atoms with E-state index in [1.807, 2.05) is 0 Å². The van der Waals surface area contributed by atoms with Gasteiger partial charge in [-0.1, -0.05) is 264 Å². The molecule has 0 amide bonds. The molecule has 5 heteroatoms. The van der Waals surface area contributed by atoms with Crippen molar-refractivity contribution in [1.29, 1.82) is 0 Å². The number of hydrogen-bond acceptors (Lipinski definition) is 5. The normalized spacial score (nSPS) is 12.1. The lowest BCUT2D eigenvalue weighted by molar-refractivity contribution is -0.155. The quantitative estimate of drug-likeness (QED) is 0.0347. The molecule has 1 atom stereocenters. The second-order valence-electron chi connectivity index (χ2n) is 18.5. The Labute approximate surface area is 375 Å². The molecule has 0 aliphatic carbocycles. The van der Waals surface area contributed by atoms with E-state index in [1.165, 1.54) is 218 Å². The number of allylic oxidation sites excluding steroid dienone is 2. The zero-order chi connectivity index (χ0) is 43.5. The van der Waals surface area contributed by atoms with Gasteiger partial charge < -0.3 is 14.2 Å². The predicted molar refractivity (Wildman–Crippen MR) is 261 cm³/mol. The highest BCUT2D eigenvalue weighted by Gasteiger charge is 2.16. The van der Waals surface area contributed by atoms with Crippen LogP contribution in [-0.4, -0.2) is 37.9 Å². The molecule has 0 heterocycles. The van der Waals surface area contributed by atoms with Crippen molar-refractivity contribution in [3.05, 3.63) is 12.2 Å². The van der Waals surface area contributed by atoms with Crippen LogP contribution >= 0.6 is 0 Å². The van der Waals surface area contributed by atoms with E-state index in [1.54, 1.807) is 0 Å². The van der Waals surface area contributed by atoms with Crippen molar-refractivity contribution in [2.45, 2.75) is 309 Å². The number of ether oxygens (including phenoxy) is 3. The second-order valence-corrected chi connectivity index (χ2v) is 18.5. The molecule has 0 unspecified atom stereocenters. The Morgan fingerprint density at radius 3 is 0.933 bits per heavy atom. The van der Waals surface area contributed by atoms with Crippen molar-refractivity contribution >= 4 is 11.9 Å². The summed E-state index contributed by atoms with van der Waals surface area (Å²) in [4.78, 5) is 25.2. The molecule has 0 saturated carbocycles. The van der Waals surface area contributed by atoms with Crippen molar-refractivity contribution < 1.29 is 23.8 Å². The van der Waals surface area contributed by atoms with E-state index in [4.69, 9.17) is 14.2 Å². The summed E-state index contributed by atoms with van der Waals surface area (Å²) in [6.45, 7) is 7.75. The van der Waals surface area contributed by atoms with Gasteiger partial charge in [-0.3, -0.25) is 9.59 Å². The first kappa shape index (κ1) is 58.6. The Morgan fingerprint density at radius 1 is 0.333 bits per heavy atom. The van der Waals surface area contributed by atoms with Crippen LogP contribution in [0.3, 0.4) is 0 Å². The minimum Gasteiger partial charge on any atom is -0.463 e. The van der Waals surface area contributed by atoms with Crippen LogP contribution in [0.4, 0.5) is 0 Å². The minimum absolute atomic E-state index is 0.158. The zero-order valence-corrected chi connectivity index (χ0v) is 41.0. The average molecular weight is 847 g/mol. The molecule has 0 saturated heterocycles. The summed E-state index contributed by atoms with van der Waals surface area (Å²) in [6, 6.07) is 0. The van der Waals surface area contributed by atoms with Gasteiger partial charge in [0.05, 0.1) is 0 Å². The Kier molecular flexibility index (Phi) is 50.8. The van der Waals surface area contributed by atoms with Gasteiger partial charge in [0.2, 0.25) is 0 Å². The number of hydrogen-bond donors (Lipinski definition) is 0. The molecule has 0 aromatic rings. The van der Waals surface area contributed by atoms with Gasteiger partial charge in [0.1, 0.15) is 19.3 Å². The van der Waals surface area contributed by atoms with E-state index in [0.29, 0.717) is 19.4 Å². The van der Waals surface area contributed by atoms with E-state index in [-0.39, 0.29) is 25.2 Å². The number of rotatable bonds is 51. The maximum atomic E-state index is 12.6. The molecule has 0 aromatic carbocycles. The highest BCUT2D eigenvalue weighted by Crippen LogP contribution is 2.17. The first-order valence-corrected chi connectivity index (χ1v) is 27.2. The van der Waals surface area contributed by atoms with E-state index in [0.717, 1.165) is 51.4 Å². The number of carbonyl (C=O) groups is 2. The van der Waals surface area contributed by atoms with Crippen LogP contribution in [0, 0.1) is 0 Å². The smallest absolute Gasteiger partial charge is 0.305 e. The van der Waals surface area contributed by atoms with Gasteiger partial charge in [-0.25, -0.2) is 0 Å². The highest BCUT2D eigenvalue weighted by molar-refractivity contribution is 5.69. The summed E-state index contributed by atoms with van der Waals surface area (Å²) in [5, 5.41) is 0. The fraction of sp³-hybridized carbons (Fsp3) is 0.927. The molecule has 0 N–H and O–H groups in total. The van der Waals surface area contributed by atoms with E-state index < -0.39 is 6.10 Å². The largest absolute Gasteiger partial charge is 0.463 e. The molecule has 0 fully saturated rings. The Morgan fingerprint density at radius 2 is 0.600 bits per heavy atom. The molecule has 356 valence electrons. The minimum atomic E-state index is -0.393. The molecule has 0 bridgehead atoms. The molecule has 0 aliphatic rings. The van der Waals surface area contributed by atoms with Crippen LogP contribution in [0.1, 0.15) is 303 Å². The topological polar surface area (TPSA) is 61.8 Å². The second kappa shape index (κ2) is 52.0. The monoisotopic (exact) mass is 847 g/mol. The predicted octanol–water partition coefficient (Wildman–Crippen LogP) is 18.2. The van der Waals surface area contributed by atoms with Gasteiger partial charge in [0, 0.05) is 19.4 Å². The first-order chi connectivity index (χ1) is 29.6. The van der Waals surface area contributed by atoms with Gasteiger partial charge >= 0.3 is 11.9 Å². The third kappa shape index (κ3) is 49.3. The Balaban J connectivity index is 4.17. The van der Waals surface area contributed by atoms with Crippen LogP contribution < -0.4 is 0 Å². The number of esters is 2. The molecule has 0 rings (SSSR count). The van der Waals surface area contributed by atoms with Crippen molar-refractivity contribution in [2.24, 2.45) is 0 Å². The number of unbranched alkanes of at least 4 members (excludes halogenated alkanes) is 38. The number of carbonyl (C=O) groups excluding carboxylic acids is 2. The Hall–Kier alpha value is -1.36. The van der Waals surface area contributed by atoms with E-state index in [9.17, 15) is 9.59 Å².